The first-order valence-corrected chi connectivity index (χ1v) is 6.26. The number of nitrogen functional groups attached to an aromatic ring is 1. The highest BCUT2D eigenvalue weighted by molar-refractivity contribution is 5.92. The van der Waals surface area contributed by atoms with Crippen molar-refractivity contribution in [2.24, 2.45) is 12.9 Å². The Bertz CT molecular complexity index is 602. The number of rotatable bonds is 5. The van der Waals surface area contributed by atoms with Gasteiger partial charge in [0.15, 0.2) is 5.76 Å². The van der Waals surface area contributed by atoms with Crippen molar-refractivity contribution in [3.63, 3.8) is 0 Å². The van der Waals surface area contributed by atoms with Gasteiger partial charge in [0.25, 0.3) is 0 Å². The van der Waals surface area contributed by atoms with E-state index in [1.165, 1.54) is 0 Å². The third-order valence-electron chi connectivity index (χ3n) is 2.94. The number of nitrogens with two attached hydrogens (primary N) is 1. The first kappa shape index (κ1) is 14.3. The molecule has 0 atom stereocenters. The van der Waals surface area contributed by atoms with Crippen molar-refractivity contribution in [1.82, 2.24) is 20.1 Å². The van der Waals surface area contributed by atoms with Crippen LogP contribution in [0.2, 0.25) is 0 Å². The standard InChI is InChI=1S/C13H19N5O2/c1-9-4-11(20-12(9)13(19)16-14)8-17(2)6-10-5-15-18(3)7-10/h4-5,7H,6,8,14H2,1-3H3,(H,16,19). The minimum absolute atomic E-state index is 0.261. The van der Waals surface area contributed by atoms with Crippen molar-refractivity contribution in [1.29, 1.82) is 0 Å². The molecule has 0 unspecified atom stereocenters. The summed E-state index contributed by atoms with van der Waals surface area (Å²) in [6.45, 7) is 3.18. The maximum absolute atomic E-state index is 11.5. The summed E-state index contributed by atoms with van der Waals surface area (Å²) in [4.78, 5) is 13.6. The molecule has 0 saturated heterocycles. The van der Waals surface area contributed by atoms with Crippen molar-refractivity contribution < 1.29 is 9.21 Å². The van der Waals surface area contributed by atoms with Crippen LogP contribution in [0.5, 0.6) is 0 Å². The number of aryl methyl sites for hydroxylation is 2. The topological polar surface area (TPSA) is 89.3 Å². The van der Waals surface area contributed by atoms with Crippen LogP contribution in [0.1, 0.15) is 27.4 Å². The normalized spacial score (nSPS) is 11.1. The molecule has 108 valence electrons. The Hall–Kier alpha value is -2.12. The van der Waals surface area contributed by atoms with Gasteiger partial charge in [-0.2, -0.15) is 5.10 Å². The molecule has 0 aliphatic heterocycles. The van der Waals surface area contributed by atoms with Gasteiger partial charge >= 0.3 is 5.91 Å². The summed E-state index contributed by atoms with van der Waals surface area (Å²) in [5.41, 5.74) is 3.97. The quantitative estimate of drug-likeness (QED) is 0.473. The minimum Gasteiger partial charge on any atom is -0.454 e. The van der Waals surface area contributed by atoms with E-state index in [-0.39, 0.29) is 5.76 Å². The highest BCUT2D eigenvalue weighted by Crippen LogP contribution is 2.16. The van der Waals surface area contributed by atoms with Crippen LogP contribution in [0.25, 0.3) is 0 Å². The largest absolute Gasteiger partial charge is 0.454 e. The molecule has 0 aromatic carbocycles. The van der Waals surface area contributed by atoms with Gasteiger partial charge in [-0.1, -0.05) is 0 Å². The molecule has 0 radical (unpaired) electrons. The number of amides is 1. The second-order valence-corrected chi connectivity index (χ2v) is 4.89. The van der Waals surface area contributed by atoms with Crippen LogP contribution in [-0.4, -0.2) is 27.6 Å². The smallest absolute Gasteiger partial charge is 0.301 e. The predicted molar refractivity (Wildman–Crippen MR) is 73.5 cm³/mol. The number of furan rings is 1. The molecular formula is C13H19N5O2. The van der Waals surface area contributed by atoms with Crippen molar-refractivity contribution in [3.8, 4) is 0 Å². The molecular weight excluding hydrogens is 258 g/mol. The van der Waals surface area contributed by atoms with Gasteiger partial charge in [0.05, 0.1) is 12.7 Å². The zero-order valence-electron chi connectivity index (χ0n) is 11.9. The Morgan fingerprint density at radius 1 is 1.55 bits per heavy atom. The molecule has 3 N–H and O–H groups in total. The molecule has 0 bridgehead atoms. The molecule has 2 aromatic rings. The van der Waals surface area contributed by atoms with Gasteiger partial charge in [-0.05, 0) is 20.0 Å². The highest BCUT2D eigenvalue weighted by atomic mass is 16.4. The number of carbonyl (C=O) groups excluding carboxylic acids is 1. The number of carbonyl (C=O) groups is 1. The number of nitrogens with zero attached hydrogens (tertiary/aromatic N) is 3. The van der Waals surface area contributed by atoms with Crippen LogP contribution in [0, 0.1) is 6.92 Å². The van der Waals surface area contributed by atoms with E-state index in [4.69, 9.17) is 10.3 Å². The zero-order valence-corrected chi connectivity index (χ0v) is 11.9. The van der Waals surface area contributed by atoms with Crippen LogP contribution in [0.4, 0.5) is 0 Å². The summed E-state index contributed by atoms with van der Waals surface area (Å²) in [7, 11) is 3.87. The Balaban J connectivity index is 2.01. The Morgan fingerprint density at radius 2 is 2.30 bits per heavy atom. The lowest BCUT2D eigenvalue weighted by Crippen LogP contribution is -2.30. The number of hydrazine groups is 1. The molecule has 2 rings (SSSR count). The van der Waals surface area contributed by atoms with Crippen molar-refractivity contribution in [3.05, 3.63) is 41.1 Å². The summed E-state index contributed by atoms with van der Waals surface area (Å²) in [6, 6.07) is 1.85. The van der Waals surface area contributed by atoms with E-state index in [2.05, 4.69) is 15.4 Å². The van der Waals surface area contributed by atoms with Gasteiger partial charge < -0.3 is 4.42 Å². The van der Waals surface area contributed by atoms with Crippen molar-refractivity contribution in [2.45, 2.75) is 20.0 Å². The van der Waals surface area contributed by atoms with Gasteiger partial charge in [-0.15, -0.1) is 0 Å². The van der Waals surface area contributed by atoms with Gasteiger partial charge in [0, 0.05) is 30.9 Å². The third kappa shape index (κ3) is 3.25. The van der Waals surface area contributed by atoms with Gasteiger partial charge in [0.1, 0.15) is 5.76 Å². The molecule has 2 heterocycles. The van der Waals surface area contributed by atoms with Crippen molar-refractivity contribution in [2.75, 3.05) is 7.05 Å². The maximum Gasteiger partial charge on any atom is 0.301 e. The highest BCUT2D eigenvalue weighted by Gasteiger charge is 2.15. The average Bonchev–Trinajstić information content (AvgIpc) is 2.94. The maximum atomic E-state index is 11.5. The lowest BCUT2D eigenvalue weighted by Gasteiger charge is -2.13. The fourth-order valence-electron chi connectivity index (χ4n) is 2.10. The van der Waals surface area contributed by atoms with E-state index in [1.807, 2.05) is 39.5 Å². The molecule has 7 nitrogen and oxygen atoms in total. The summed E-state index contributed by atoms with van der Waals surface area (Å²) >= 11 is 0. The summed E-state index contributed by atoms with van der Waals surface area (Å²) < 4.78 is 7.29. The molecule has 20 heavy (non-hydrogen) atoms. The average molecular weight is 277 g/mol. The second-order valence-electron chi connectivity index (χ2n) is 4.89. The van der Waals surface area contributed by atoms with E-state index < -0.39 is 5.91 Å². The number of hydrogen-bond donors (Lipinski definition) is 2. The SMILES string of the molecule is Cc1cc(CN(C)Cc2cnn(C)c2)oc1C(=O)NN. The number of nitrogens with one attached hydrogen (secondary N) is 1. The lowest BCUT2D eigenvalue weighted by molar-refractivity contribution is 0.0921. The summed E-state index contributed by atoms with van der Waals surface area (Å²) in [5, 5.41) is 4.13. The van der Waals surface area contributed by atoms with Crippen LogP contribution in [0.3, 0.4) is 0 Å². The molecule has 0 fully saturated rings. The van der Waals surface area contributed by atoms with E-state index in [1.54, 1.807) is 4.68 Å². The van der Waals surface area contributed by atoms with Crippen molar-refractivity contribution >= 4 is 5.91 Å². The molecule has 2 aromatic heterocycles. The molecule has 0 aliphatic carbocycles. The number of aromatic nitrogens is 2. The van der Waals surface area contributed by atoms with Crippen LogP contribution in [0.15, 0.2) is 22.9 Å². The zero-order chi connectivity index (χ0) is 14.7. The third-order valence-corrected chi connectivity index (χ3v) is 2.94. The Kier molecular flexibility index (Phi) is 4.21. The van der Waals surface area contributed by atoms with Crippen LogP contribution >= 0.6 is 0 Å². The Morgan fingerprint density at radius 3 is 2.90 bits per heavy atom. The predicted octanol–water partition coefficient (Wildman–Crippen LogP) is 0.557. The first-order valence-electron chi connectivity index (χ1n) is 6.26. The van der Waals surface area contributed by atoms with Gasteiger partial charge in [0.2, 0.25) is 0 Å². The van der Waals surface area contributed by atoms with Crippen LogP contribution in [-0.2, 0) is 20.1 Å². The van der Waals surface area contributed by atoms with Gasteiger partial charge in [-0.25, -0.2) is 5.84 Å². The van der Waals surface area contributed by atoms with E-state index in [9.17, 15) is 4.79 Å². The summed E-state index contributed by atoms with van der Waals surface area (Å²) in [5.74, 6) is 5.69. The lowest BCUT2D eigenvalue weighted by atomic mass is 10.2. The van der Waals surface area contributed by atoms with E-state index in [0.717, 1.165) is 23.4 Å². The summed E-state index contributed by atoms with van der Waals surface area (Å²) in [6.07, 6.45) is 3.80. The van der Waals surface area contributed by atoms with E-state index in [0.29, 0.717) is 6.54 Å². The monoisotopic (exact) mass is 277 g/mol. The van der Waals surface area contributed by atoms with Gasteiger partial charge in [-0.3, -0.25) is 19.8 Å². The number of hydrogen-bond acceptors (Lipinski definition) is 5. The van der Waals surface area contributed by atoms with E-state index >= 15 is 0 Å². The molecule has 0 spiro atoms. The first-order chi connectivity index (χ1) is 9.49. The molecule has 1 amide bonds. The minimum atomic E-state index is -0.413. The fraction of sp³-hybridized carbons (Fsp3) is 0.385. The fourth-order valence-corrected chi connectivity index (χ4v) is 2.10. The molecule has 7 heteroatoms. The second kappa shape index (κ2) is 5.89. The molecule has 0 aliphatic rings. The Labute approximate surface area is 117 Å². The molecule has 0 saturated carbocycles. The van der Waals surface area contributed by atoms with Crippen LogP contribution < -0.4 is 11.3 Å².